The van der Waals surface area contributed by atoms with Crippen LogP contribution in [0.5, 0.6) is 11.5 Å². The first-order chi connectivity index (χ1) is 12.7. The van der Waals surface area contributed by atoms with Crippen molar-refractivity contribution in [1.82, 2.24) is 0 Å². The highest BCUT2D eigenvalue weighted by atomic mass is 16.5. The first-order valence-electron chi connectivity index (χ1n) is 8.89. The van der Waals surface area contributed by atoms with Gasteiger partial charge in [0.15, 0.2) is 12.3 Å². The Morgan fingerprint density at radius 1 is 1.12 bits per heavy atom. The molecule has 1 amide bonds. The average molecular weight is 361 g/mol. The molecule has 1 aromatic carbocycles. The first-order valence-corrected chi connectivity index (χ1v) is 8.89. The highest BCUT2D eigenvalue weighted by Crippen LogP contribution is 2.28. The summed E-state index contributed by atoms with van der Waals surface area (Å²) in [5, 5.41) is 2.94. The van der Waals surface area contributed by atoms with Gasteiger partial charge in [-0.2, -0.15) is 0 Å². The quantitative estimate of drug-likeness (QED) is 0.605. The predicted octanol–water partition coefficient (Wildman–Crippen LogP) is -0.781. The molecule has 2 heterocycles. The summed E-state index contributed by atoms with van der Waals surface area (Å²) in [4.78, 5) is 15.2. The number of hydrogen-bond acceptors (Lipinski definition) is 4. The van der Waals surface area contributed by atoms with Gasteiger partial charge in [0.1, 0.15) is 44.2 Å². The first kappa shape index (κ1) is 18.3. The molecule has 0 saturated carbocycles. The van der Waals surface area contributed by atoms with Gasteiger partial charge in [-0.15, -0.1) is 0 Å². The number of methoxy groups -OCH3 is 2. The van der Waals surface area contributed by atoms with E-state index in [-0.39, 0.29) is 5.91 Å². The zero-order chi connectivity index (χ0) is 18.4. The Bertz CT molecular complexity index is 710. The number of benzene rings is 1. The molecule has 3 rings (SSSR count). The number of ether oxygens (including phenoxy) is 2. The number of anilines is 1. The normalized spacial score (nSPS) is 19.8. The van der Waals surface area contributed by atoms with Crippen molar-refractivity contribution in [1.29, 1.82) is 0 Å². The lowest BCUT2D eigenvalue weighted by atomic mass is 10.2. The second-order valence-electron chi connectivity index (χ2n) is 6.55. The second kappa shape index (κ2) is 8.73. The van der Waals surface area contributed by atoms with E-state index < -0.39 is 0 Å². The fraction of sp³-hybridized carbons (Fsp3) is 0.421. The van der Waals surface area contributed by atoms with Crippen molar-refractivity contribution >= 4 is 11.6 Å². The summed E-state index contributed by atoms with van der Waals surface area (Å²) in [6.45, 7) is 5.37. The number of furan rings is 1. The molecule has 0 aliphatic carbocycles. The molecule has 140 valence electrons. The van der Waals surface area contributed by atoms with E-state index in [1.54, 1.807) is 38.7 Å². The number of carbonyl (C=O) groups is 1. The van der Waals surface area contributed by atoms with Gasteiger partial charge in [0, 0.05) is 6.07 Å². The van der Waals surface area contributed by atoms with E-state index in [1.807, 2.05) is 12.1 Å². The number of hydrogen-bond donors (Lipinski definition) is 3. The molecule has 7 heteroatoms. The Hall–Kier alpha value is -2.51. The summed E-state index contributed by atoms with van der Waals surface area (Å²) < 4.78 is 15.9. The highest BCUT2D eigenvalue weighted by molar-refractivity contribution is 5.93. The largest absolute Gasteiger partial charge is 0.497 e. The summed E-state index contributed by atoms with van der Waals surface area (Å²) in [5.41, 5.74) is 0.637. The Kier molecular flexibility index (Phi) is 6.14. The van der Waals surface area contributed by atoms with E-state index in [0.717, 1.165) is 38.5 Å². The van der Waals surface area contributed by atoms with Crippen molar-refractivity contribution < 1.29 is 28.5 Å². The highest BCUT2D eigenvalue weighted by Gasteiger charge is 2.25. The van der Waals surface area contributed by atoms with E-state index in [9.17, 15) is 4.79 Å². The number of quaternary nitrogens is 2. The Balaban J connectivity index is 1.48. The summed E-state index contributed by atoms with van der Waals surface area (Å²) in [6.07, 6.45) is 1.72. The Morgan fingerprint density at radius 3 is 2.54 bits per heavy atom. The monoisotopic (exact) mass is 361 g/mol. The number of piperazine rings is 1. The lowest BCUT2D eigenvalue weighted by molar-refractivity contribution is -1.02. The van der Waals surface area contributed by atoms with Crippen molar-refractivity contribution in [3.63, 3.8) is 0 Å². The smallest absolute Gasteiger partial charge is 0.279 e. The molecular weight excluding hydrogens is 334 g/mol. The van der Waals surface area contributed by atoms with Gasteiger partial charge in [-0.1, -0.05) is 0 Å². The number of amides is 1. The number of carbonyl (C=O) groups excluding carboxylic acids is 1. The van der Waals surface area contributed by atoms with Crippen LogP contribution in [-0.2, 0) is 11.3 Å². The Morgan fingerprint density at radius 2 is 1.88 bits per heavy atom. The molecule has 0 radical (unpaired) electrons. The van der Waals surface area contributed by atoms with Crippen LogP contribution < -0.4 is 24.6 Å². The van der Waals surface area contributed by atoms with Gasteiger partial charge in [0.2, 0.25) is 0 Å². The van der Waals surface area contributed by atoms with Crippen LogP contribution in [0.25, 0.3) is 0 Å². The molecule has 1 aliphatic heterocycles. The fourth-order valence-electron chi connectivity index (χ4n) is 3.30. The second-order valence-corrected chi connectivity index (χ2v) is 6.55. The molecule has 0 atom stereocenters. The van der Waals surface area contributed by atoms with Gasteiger partial charge in [-0.25, -0.2) is 0 Å². The average Bonchev–Trinajstić information content (AvgIpc) is 3.16. The van der Waals surface area contributed by atoms with E-state index in [4.69, 9.17) is 13.9 Å². The van der Waals surface area contributed by atoms with Crippen molar-refractivity contribution in [2.24, 2.45) is 0 Å². The minimum Gasteiger partial charge on any atom is -0.497 e. The van der Waals surface area contributed by atoms with Gasteiger partial charge in [0.05, 0.1) is 26.2 Å². The zero-order valence-electron chi connectivity index (χ0n) is 15.3. The molecule has 26 heavy (non-hydrogen) atoms. The van der Waals surface area contributed by atoms with Crippen molar-refractivity contribution in [2.45, 2.75) is 6.54 Å². The van der Waals surface area contributed by atoms with Gasteiger partial charge >= 0.3 is 0 Å². The van der Waals surface area contributed by atoms with E-state index in [0.29, 0.717) is 23.7 Å². The molecule has 1 fully saturated rings. The maximum absolute atomic E-state index is 12.4. The molecule has 7 nitrogen and oxygen atoms in total. The van der Waals surface area contributed by atoms with Gasteiger partial charge in [-0.3, -0.25) is 4.79 Å². The SMILES string of the molecule is COc1ccc(OC)c(NC(=O)C[NH+]2CC[NH+](Cc3ccco3)CC2)c1. The van der Waals surface area contributed by atoms with Crippen molar-refractivity contribution in [3.8, 4) is 11.5 Å². The van der Waals surface area contributed by atoms with Crippen LogP contribution in [0.3, 0.4) is 0 Å². The maximum Gasteiger partial charge on any atom is 0.279 e. The topological polar surface area (TPSA) is 69.6 Å². The predicted molar refractivity (Wildman–Crippen MR) is 96.8 cm³/mol. The Labute approximate surface area is 153 Å². The van der Waals surface area contributed by atoms with Crippen LogP contribution in [-0.4, -0.2) is 52.9 Å². The third kappa shape index (κ3) is 4.77. The minimum atomic E-state index is -0.0129. The van der Waals surface area contributed by atoms with Crippen LogP contribution in [0.1, 0.15) is 5.76 Å². The number of nitrogens with one attached hydrogen (secondary N) is 3. The fourth-order valence-corrected chi connectivity index (χ4v) is 3.30. The molecular formula is C19H27N3O4+2. The summed E-state index contributed by atoms with van der Waals surface area (Å²) in [5.74, 6) is 2.32. The van der Waals surface area contributed by atoms with Crippen LogP contribution in [0, 0.1) is 0 Å². The minimum absolute atomic E-state index is 0.0129. The standard InChI is InChI=1S/C19H25N3O4/c1-24-15-5-6-18(25-2)17(12-15)20-19(23)14-22-9-7-21(8-10-22)13-16-4-3-11-26-16/h3-6,11-12H,7-10,13-14H2,1-2H3,(H,20,23)/p+2. The molecule has 0 unspecified atom stereocenters. The lowest BCUT2D eigenvalue weighted by Gasteiger charge is -2.28. The molecule has 1 aromatic heterocycles. The van der Waals surface area contributed by atoms with Crippen molar-refractivity contribution in [2.75, 3.05) is 52.3 Å². The van der Waals surface area contributed by atoms with Crippen molar-refractivity contribution in [3.05, 3.63) is 42.4 Å². The van der Waals surface area contributed by atoms with Crippen LogP contribution >= 0.6 is 0 Å². The van der Waals surface area contributed by atoms with Crippen LogP contribution in [0.15, 0.2) is 41.0 Å². The van der Waals surface area contributed by atoms with E-state index >= 15 is 0 Å². The van der Waals surface area contributed by atoms with E-state index in [1.165, 1.54) is 9.80 Å². The molecule has 1 saturated heterocycles. The van der Waals surface area contributed by atoms with Gasteiger partial charge in [0.25, 0.3) is 5.91 Å². The zero-order valence-corrected chi connectivity index (χ0v) is 15.3. The molecule has 3 N–H and O–H groups in total. The molecule has 2 aromatic rings. The van der Waals surface area contributed by atoms with Crippen LogP contribution in [0.4, 0.5) is 5.69 Å². The third-order valence-corrected chi connectivity index (χ3v) is 4.76. The number of rotatable bonds is 7. The molecule has 0 spiro atoms. The molecule has 1 aliphatic rings. The molecule has 0 bridgehead atoms. The maximum atomic E-state index is 12.4. The lowest BCUT2D eigenvalue weighted by Crippen LogP contribution is -3.28. The van der Waals surface area contributed by atoms with E-state index in [2.05, 4.69) is 5.32 Å². The van der Waals surface area contributed by atoms with Gasteiger partial charge in [-0.05, 0) is 24.3 Å². The summed E-state index contributed by atoms with van der Waals surface area (Å²) >= 11 is 0. The summed E-state index contributed by atoms with van der Waals surface area (Å²) in [6, 6.07) is 9.31. The van der Waals surface area contributed by atoms with Gasteiger partial charge < -0.3 is 29.0 Å². The summed E-state index contributed by atoms with van der Waals surface area (Å²) in [7, 11) is 3.19. The third-order valence-electron chi connectivity index (χ3n) is 4.76. The van der Waals surface area contributed by atoms with Crippen LogP contribution in [0.2, 0.25) is 0 Å².